The van der Waals surface area contributed by atoms with Crippen LogP contribution in [0.5, 0.6) is 0 Å². The molecule has 0 bridgehead atoms. The molecule has 0 unspecified atom stereocenters. The minimum absolute atomic E-state index is 0.231. The van der Waals surface area contributed by atoms with Crippen LogP contribution in [0.3, 0.4) is 0 Å². The van der Waals surface area contributed by atoms with Crippen LogP contribution < -0.4 is 17.0 Å². The Labute approximate surface area is 124 Å². The number of nitrogens with zero attached hydrogens (tertiary/aromatic N) is 4. The van der Waals surface area contributed by atoms with Crippen molar-refractivity contribution in [3.63, 3.8) is 0 Å². The number of piperazine rings is 1. The number of aromatic nitrogens is 2. The van der Waals surface area contributed by atoms with Crippen LogP contribution in [-0.2, 0) is 13.1 Å². The lowest BCUT2D eigenvalue weighted by Gasteiger charge is -2.32. The normalized spacial score (nSPS) is 17.2. The first-order valence-corrected chi connectivity index (χ1v) is 7.53. The summed E-state index contributed by atoms with van der Waals surface area (Å²) in [4.78, 5) is 28.7. The summed E-state index contributed by atoms with van der Waals surface area (Å²) in [7, 11) is 2.12. The molecule has 0 aliphatic carbocycles. The maximum Gasteiger partial charge on any atom is 0.331 e. The van der Waals surface area contributed by atoms with Crippen LogP contribution in [0.4, 0.5) is 0 Å². The van der Waals surface area contributed by atoms with Crippen molar-refractivity contribution in [3.8, 4) is 0 Å². The monoisotopic (exact) mass is 295 g/mol. The highest BCUT2D eigenvalue weighted by Gasteiger charge is 2.13. The molecular formula is C14H25N5O2. The van der Waals surface area contributed by atoms with E-state index in [0.29, 0.717) is 26.1 Å². The first kappa shape index (κ1) is 15.9. The molecule has 2 rings (SSSR count). The van der Waals surface area contributed by atoms with E-state index in [1.165, 1.54) is 10.6 Å². The number of hydrogen-bond donors (Lipinski definition) is 1. The summed E-state index contributed by atoms with van der Waals surface area (Å²) >= 11 is 0. The van der Waals surface area contributed by atoms with Gasteiger partial charge in [0.15, 0.2) is 0 Å². The van der Waals surface area contributed by atoms with Gasteiger partial charge in [-0.25, -0.2) is 4.79 Å². The first-order chi connectivity index (χ1) is 10.1. The number of likely N-dealkylation sites (N-methyl/N-ethyl adjacent to an activating group) is 1. The van der Waals surface area contributed by atoms with Crippen LogP contribution in [0.25, 0.3) is 0 Å². The van der Waals surface area contributed by atoms with Gasteiger partial charge in [-0.15, -0.1) is 0 Å². The third kappa shape index (κ3) is 4.26. The fourth-order valence-electron chi connectivity index (χ4n) is 2.50. The molecule has 1 aromatic rings. The van der Waals surface area contributed by atoms with E-state index in [9.17, 15) is 9.59 Å². The molecule has 0 spiro atoms. The van der Waals surface area contributed by atoms with E-state index in [1.807, 2.05) is 0 Å². The molecule has 7 heteroatoms. The quantitative estimate of drug-likeness (QED) is 0.699. The lowest BCUT2D eigenvalue weighted by molar-refractivity contribution is 0.149. The Hall–Kier alpha value is -1.44. The van der Waals surface area contributed by atoms with Crippen molar-refractivity contribution in [1.82, 2.24) is 18.9 Å². The second-order valence-corrected chi connectivity index (χ2v) is 5.57. The van der Waals surface area contributed by atoms with Gasteiger partial charge in [-0.3, -0.25) is 18.8 Å². The van der Waals surface area contributed by atoms with Gasteiger partial charge >= 0.3 is 5.69 Å². The third-order valence-corrected chi connectivity index (χ3v) is 3.98. The van der Waals surface area contributed by atoms with E-state index in [2.05, 4.69) is 16.8 Å². The van der Waals surface area contributed by atoms with E-state index in [1.54, 1.807) is 10.8 Å². The Balaban J connectivity index is 2.00. The molecule has 0 amide bonds. The van der Waals surface area contributed by atoms with Crippen molar-refractivity contribution >= 4 is 0 Å². The lowest BCUT2D eigenvalue weighted by atomic mass is 10.3. The molecule has 0 atom stereocenters. The van der Waals surface area contributed by atoms with Crippen molar-refractivity contribution < 1.29 is 0 Å². The number of hydrogen-bond acceptors (Lipinski definition) is 5. The van der Waals surface area contributed by atoms with Crippen LogP contribution in [0.15, 0.2) is 21.9 Å². The Morgan fingerprint density at radius 1 is 1.10 bits per heavy atom. The molecule has 1 aliphatic rings. The van der Waals surface area contributed by atoms with Gasteiger partial charge in [-0.05, 0) is 20.0 Å². The minimum Gasteiger partial charge on any atom is -0.330 e. The van der Waals surface area contributed by atoms with E-state index < -0.39 is 0 Å². The zero-order valence-electron chi connectivity index (χ0n) is 12.7. The molecule has 0 radical (unpaired) electrons. The topological polar surface area (TPSA) is 76.5 Å². The van der Waals surface area contributed by atoms with E-state index in [4.69, 9.17) is 5.73 Å². The summed E-state index contributed by atoms with van der Waals surface area (Å²) in [5, 5.41) is 0. The van der Waals surface area contributed by atoms with Gasteiger partial charge in [0, 0.05) is 58.1 Å². The fourth-order valence-corrected chi connectivity index (χ4v) is 2.50. The molecule has 1 aliphatic heterocycles. The van der Waals surface area contributed by atoms with Crippen molar-refractivity contribution in [1.29, 1.82) is 0 Å². The molecule has 0 aromatic carbocycles. The molecule has 7 nitrogen and oxygen atoms in total. The molecule has 2 heterocycles. The largest absolute Gasteiger partial charge is 0.331 e. The molecule has 1 saturated heterocycles. The molecule has 118 valence electrons. The minimum atomic E-state index is -0.246. The highest BCUT2D eigenvalue weighted by Crippen LogP contribution is 1.98. The first-order valence-electron chi connectivity index (χ1n) is 7.53. The predicted molar refractivity (Wildman–Crippen MR) is 82.6 cm³/mol. The second kappa shape index (κ2) is 7.53. The fraction of sp³-hybridized carbons (Fsp3) is 0.714. The summed E-state index contributed by atoms with van der Waals surface area (Å²) in [6, 6.07) is 1.46. The van der Waals surface area contributed by atoms with Crippen LogP contribution in [0.2, 0.25) is 0 Å². The SMILES string of the molecule is CN1CCN(CCn2ccc(=O)n(CCCN)c2=O)CC1. The van der Waals surface area contributed by atoms with Crippen molar-refractivity contribution in [2.75, 3.05) is 46.3 Å². The second-order valence-electron chi connectivity index (χ2n) is 5.57. The Morgan fingerprint density at radius 3 is 2.48 bits per heavy atom. The van der Waals surface area contributed by atoms with E-state index in [-0.39, 0.29) is 11.2 Å². The maximum atomic E-state index is 12.3. The summed E-state index contributed by atoms with van der Waals surface area (Å²) < 4.78 is 2.90. The molecule has 21 heavy (non-hydrogen) atoms. The average Bonchev–Trinajstić information content (AvgIpc) is 2.48. The summed E-state index contributed by atoms with van der Waals surface area (Å²) in [6.07, 6.45) is 2.23. The van der Waals surface area contributed by atoms with E-state index in [0.717, 1.165) is 32.7 Å². The van der Waals surface area contributed by atoms with Gasteiger partial charge in [0.2, 0.25) is 0 Å². The van der Waals surface area contributed by atoms with Gasteiger partial charge in [-0.2, -0.15) is 0 Å². The van der Waals surface area contributed by atoms with Gasteiger partial charge in [0.25, 0.3) is 5.56 Å². The molecule has 0 saturated carbocycles. The third-order valence-electron chi connectivity index (χ3n) is 3.98. The van der Waals surface area contributed by atoms with Gasteiger partial charge < -0.3 is 10.6 Å². The Morgan fingerprint density at radius 2 is 1.81 bits per heavy atom. The van der Waals surface area contributed by atoms with Crippen LogP contribution in [-0.4, -0.2) is 65.3 Å². The molecular weight excluding hydrogens is 270 g/mol. The molecule has 1 aromatic heterocycles. The van der Waals surface area contributed by atoms with Crippen molar-refractivity contribution in [3.05, 3.63) is 33.1 Å². The van der Waals surface area contributed by atoms with Crippen LogP contribution in [0.1, 0.15) is 6.42 Å². The molecule has 2 N–H and O–H groups in total. The summed E-state index contributed by atoms with van der Waals surface area (Å²) in [5.41, 5.74) is 4.97. The predicted octanol–water partition coefficient (Wildman–Crippen LogP) is -1.39. The highest BCUT2D eigenvalue weighted by atomic mass is 16.2. The number of rotatable bonds is 6. The maximum absolute atomic E-state index is 12.3. The molecule has 1 fully saturated rings. The Bertz CT molecular complexity index is 557. The van der Waals surface area contributed by atoms with Crippen molar-refractivity contribution in [2.24, 2.45) is 5.73 Å². The zero-order valence-corrected chi connectivity index (χ0v) is 12.7. The average molecular weight is 295 g/mol. The van der Waals surface area contributed by atoms with Crippen LogP contribution >= 0.6 is 0 Å². The summed E-state index contributed by atoms with van der Waals surface area (Å²) in [5.74, 6) is 0. The summed E-state index contributed by atoms with van der Waals surface area (Å²) in [6.45, 7) is 6.49. The lowest BCUT2D eigenvalue weighted by Crippen LogP contribution is -2.46. The van der Waals surface area contributed by atoms with Gasteiger partial charge in [-0.1, -0.05) is 0 Å². The standard InChI is InChI=1S/C14H25N5O2/c1-16-7-9-17(10-8-16)11-12-18-6-3-13(20)19(14(18)21)5-2-4-15/h3,6H,2,4-5,7-12,15H2,1H3. The highest BCUT2D eigenvalue weighted by molar-refractivity contribution is 4.87. The van der Waals surface area contributed by atoms with Gasteiger partial charge in [0.1, 0.15) is 0 Å². The van der Waals surface area contributed by atoms with Crippen molar-refractivity contribution in [2.45, 2.75) is 19.5 Å². The van der Waals surface area contributed by atoms with E-state index >= 15 is 0 Å². The smallest absolute Gasteiger partial charge is 0.330 e. The zero-order chi connectivity index (χ0) is 15.2. The Kier molecular flexibility index (Phi) is 5.72. The van der Waals surface area contributed by atoms with Crippen LogP contribution in [0, 0.1) is 0 Å². The number of nitrogens with two attached hydrogens (primary N) is 1. The van der Waals surface area contributed by atoms with Gasteiger partial charge in [0.05, 0.1) is 0 Å².